The number of nitrogens with zero attached hydrogens (tertiary/aromatic N) is 12. The molecule has 12 nitrogen and oxygen atoms in total. The predicted molar refractivity (Wildman–Crippen MR) is 624 cm³/mol. The molecule has 0 unspecified atom stereocenters. The zero-order valence-electron chi connectivity index (χ0n) is 80.9. The van der Waals surface area contributed by atoms with Crippen LogP contribution >= 0.6 is 0 Å². The van der Waals surface area contributed by atoms with Gasteiger partial charge < -0.3 is 13.7 Å². The molecule has 696 valence electrons. The summed E-state index contributed by atoms with van der Waals surface area (Å²) in [5, 5.41) is 24.8. The van der Waals surface area contributed by atoms with Crippen LogP contribution in [0.4, 0.5) is 52.0 Å². The quantitative estimate of drug-likeness (QED) is 0.140. The summed E-state index contributed by atoms with van der Waals surface area (Å²) in [4.78, 5) is 39.3. The largest absolute Gasteiger partial charge is 0.309 e. The van der Waals surface area contributed by atoms with Crippen LogP contribution < -0.4 is 14.7 Å². The number of fused-ring (bicyclic) bond motifs is 24. The average molecular weight is 1910 g/mol. The molecule has 0 aliphatic carbocycles. The average Bonchev–Trinajstić information content (AvgIpc) is 1.08. The smallest absolute Gasteiger partial charge is 0.235 e. The van der Waals surface area contributed by atoms with E-state index in [4.69, 9.17) is 29.9 Å². The SMILES string of the molecule is c1ccc(-n2c3ccccc3c3c(-c4nc(N5c6ccc7ccccc7c6-c6cccc7cccc5c67)nc5ccccc45)cccc32)cc1.c1ccc(-n2c3ccccc3c3cc(-c4nc(N5c6ccc7ccccc7c6-c6cccc7cccc5c67)nc5ccccc45)ccc32)cc1.c1ccc(-n2c3ccccc3c3ccc(-c4nc(N5c6ccc7ccccc7c6-c6cccc7cccc5c67)nc5ccccc45)cc32)cc1. The monoisotopic (exact) mass is 1910 g/mol. The van der Waals surface area contributed by atoms with Crippen LogP contribution in [0.3, 0.4) is 0 Å². The Morgan fingerprint density at radius 2 is 0.440 bits per heavy atom. The van der Waals surface area contributed by atoms with E-state index >= 15 is 0 Å². The van der Waals surface area contributed by atoms with E-state index in [1.54, 1.807) is 0 Å². The van der Waals surface area contributed by atoms with Gasteiger partial charge in [-0.15, -0.1) is 0 Å². The van der Waals surface area contributed by atoms with Crippen molar-refractivity contribution in [1.29, 1.82) is 0 Å². The van der Waals surface area contributed by atoms with E-state index in [9.17, 15) is 0 Å². The Kier molecular flexibility index (Phi) is 18.9. The Bertz CT molecular complexity index is 10900. The number of aromatic nitrogens is 9. The molecule has 0 atom stereocenters. The van der Waals surface area contributed by atoms with Crippen LogP contribution in [-0.2, 0) is 0 Å². The van der Waals surface area contributed by atoms with E-state index in [-0.39, 0.29) is 0 Å². The van der Waals surface area contributed by atoms with Crippen LogP contribution in [0.25, 0.3) is 247 Å². The van der Waals surface area contributed by atoms with Crippen molar-refractivity contribution in [2.45, 2.75) is 0 Å². The summed E-state index contributed by atoms with van der Waals surface area (Å²) >= 11 is 0. The Morgan fingerprint density at radius 1 is 0.147 bits per heavy atom. The summed E-state index contributed by atoms with van der Waals surface area (Å²) < 4.78 is 7.08. The van der Waals surface area contributed by atoms with Gasteiger partial charge in [-0.1, -0.05) is 376 Å². The van der Waals surface area contributed by atoms with Crippen molar-refractivity contribution in [2.24, 2.45) is 0 Å². The molecular formula is C138H84N12. The molecule has 0 bridgehead atoms. The van der Waals surface area contributed by atoms with Crippen LogP contribution in [0.5, 0.6) is 0 Å². The van der Waals surface area contributed by atoms with Crippen molar-refractivity contribution >= 4 is 215 Å². The Balaban J connectivity index is 0.000000101. The predicted octanol–water partition coefficient (Wildman–Crippen LogP) is 36.5. The lowest BCUT2D eigenvalue weighted by Crippen LogP contribution is -2.18. The van der Waals surface area contributed by atoms with Crippen molar-refractivity contribution in [3.05, 3.63) is 510 Å². The molecule has 33 rings (SSSR count). The third kappa shape index (κ3) is 13.0. The summed E-state index contributed by atoms with van der Waals surface area (Å²) in [7, 11) is 0. The fourth-order valence-electron chi connectivity index (χ4n) is 24.5. The molecule has 0 N–H and O–H groups in total. The number of hydrogen-bond donors (Lipinski definition) is 0. The van der Waals surface area contributed by atoms with Crippen molar-refractivity contribution in [3.63, 3.8) is 0 Å². The molecule has 9 heterocycles. The molecular weight excluding hydrogens is 1830 g/mol. The lowest BCUT2D eigenvalue weighted by Gasteiger charge is -2.33. The van der Waals surface area contributed by atoms with E-state index < -0.39 is 0 Å². The second kappa shape index (κ2) is 33.6. The van der Waals surface area contributed by atoms with Gasteiger partial charge in [-0.2, -0.15) is 0 Å². The number of benzene rings is 24. The molecule has 30 aromatic rings. The molecule has 3 aliphatic rings. The van der Waals surface area contributed by atoms with Crippen LogP contribution in [0, 0.1) is 0 Å². The van der Waals surface area contributed by atoms with Gasteiger partial charge in [-0.25, -0.2) is 29.9 Å². The van der Waals surface area contributed by atoms with Crippen molar-refractivity contribution < 1.29 is 0 Å². The maximum absolute atomic E-state index is 5.58. The van der Waals surface area contributed by atoms with E-state index in [1.807, 2.05) is 0 Å². The lowest BCUT2D eigenvalue weighted by atomic mass is 9.88. The highest BCUT2D eigenvalue weighted by molar-refractivity contribution is 6.25. The topological polar surface area (TPSA) is 102 Å². The molecule has 24 aromatic carbocycles. The van der Waals surface area contributed by atoms with E-state index in [0.29, 0.717) is 17.8 Å². The molecule has 6 aromatic heterocycles. The Labute approximate surface area is 860 Å². The Morgan fingerprint density at radius 3 is 0.880 bits per heavy atom. The fraction of sp³-hybridized carbons (Fsp3) is 0. The lowest BCUT2D eigenvalue weighted by molar-refractivity contribution is 1.11. The van der Waals surface area contributed by atoms with Gasteiger partial charge >= 0.3 is 0 Å². The summed E-state index contributed by atoms with van der Waals surface area (Å²) in [5.41, 5.74) is 32.9. The maximum Gasteiger partial charge on any atom is 0.235 e. The molecule has 0 fully saturated rings. The first-order valence-electron chi connectivity index (χ1n) is 51.1. The summed E-state index contributed by atoms with van der Waals surface area (Å²) in [5.74, 6) is 1.96. The first-order valence-corrected chi connectivity index (χ1v) is 51.1. The third-order valence-corrected chi connectivity index (χ3v) is 30.9. The first-order chi connectivity index (χ1) is 74.5. The first kappa shape index (κ1) is 84.2. The summed E-state index contributed by atoms with van der Waals surface area (Å²) in [6.45, 7) is 0. The van der Waals surface area contributed by atoms with Gasteiger partial charge in [-0.3, -0.25) is 14.7 Å². The minimum absolute atomic E-state index is 0.654. The molecule has 12 heteroatoms. The highest BCUT2D eigenvalue weighted by atomic mass is 15.3. The van der Waals surface area contributed by atoms with Gasteiger partial charge in [0.15, 0.2) is 0 Å². The van der Waals surface area contributed by atoms with Crippen molar-refractivity contribution in [1.82, 2.24) is 43.6 Å². The van der Waals surface area contributed by atoms with Crippen molar-refractivity contribution in [2.75, 3.05) is 14.7 Å². The van der Waals surface area contributed by atoms with Gasteiger partial charge in [-0.05, 0) is 199 Å². The van der Waals surface area contributed by atoms with E-state index in [0.717, 1.165) is 129 Å². The number of anilines is 9. The number of hydrogen-bond acceptors (Lipinski definition) is 9. The standard InChI is InChI=1S/3C46H28N4/c1-2-16-31(17-3-1)49-38-24-9-7-20-34(38)44-36(22-12-26-40(44)49)45-33-19-6-8-23-37(33)47-46(48-45)50-39-25-11-15-30-14-10-21-35(42(30)39)43-32-18-5-4-13-29(32)27-28-41(43)50;1-2-15-32(16-3-1)49-39-22-9-7-18-34(39)37-28-31(25-26-40(37)49)45-35-19-6-8-21-38(35)47-46(48-45)50-41-23-11-14-30-13-10-20-36(43(30)41)44-33-17-5-4-12-29(33)24-27-42(44)50;1-2-15-32(16-3-1)49-39-22-9-7-18-34(39)35-26-24-31(28-42(35)49)45-36-19-6-8-21-38(36)47-46(48-45)50-40-23-11-14-30-13-10-20-37(43(30)40)44-33-17-5-4-12-29(33)25-27-41(44)50/h3*1-28H. The fourth-order valence-corrected chi connectivity index (χ4v) is 24.5. The molecule has 3 aliphatic heterocycles. The van der Waals surface area contributed by atoms with Crippen LogP contribution in [0.2, 0.25) is 0 Å². The highest BCUT2D eigenvalue weighted by Crippen LogP contribution is 2.58. The number of rotatable bonds is 9. The summed E-state index contributed by atoms with van der Waals surface area (Å²) in [6, 6.07) is 182. The zero-order chi connectivity index (χ0) is 98.3. The third-order valence-electron chi connectivity index (χ3n) is 30.9. The molecule has 0 saturated carbocycles. The maximum atomic E-state index is 5.58. The van der Waals surface area contributed by atoms with E-state index in [2.05, 4.69) is 538 Å². The second-order valence-electron chi connectivity index (χ2n) is 39.0. The zero-order valence-corrected chi connectivity index (χ0v) is 80.9. The van der Waals surface area contributed by atoms with Gasteiger partial charge in [0.05, 0.1) is 101 Å². The van der Waals surface area contributed by atoms with Crippen LogP contribution in [0.1, 0.15) is 0 Å². The highest BCUT2D eigenvalue weighted by Gasteiger charge is 2.36. The van der Waals surface area contributed by atoms with Crippen LogP contribution in [0.15, 0.2) is 510 Å². The summed E-state index contributed by atoms with van der Waals surface area (Å²) in [6.07, 6.45) is 0. The Hall–Kier alpha value is -20.3. The number of para-hydroxylation sites is 9. The molecule has 150 heavy (non-hydrogen) atoms. The molecule has 0 spiro atoms. The minimum atomic E-state index is 0.654. The molecule has 0 amide bonds. The van der Waals surface area contributed by atoms with Gasteiger partial charge in [0.25, 0.3) is 0 Å². The molecule has 0 saturated heterocycles. The van der Waals surface area contributed by atoms with Gasteiger partial charge in [0.2, 0.25) is 17.8 Å². The normalized spacial score (nSPS) is 12.4. The van der Waals surface area contributed by atoms with Gasteiger partial charge in [0, 0.05) is 115 Å². The van der Waals surface area contributed by atoms with E-state index in [1.165, 1.54) is 152 Å². The minimum Gasteiger partial charge on any atom is -0.309 e. The second-order valence-corrected chi connectivity index (χ2v) is 39.0. The van der Waals surface area contributed by atoms with Crippen molar-refractivity contribution in [3.8, 4) is 84.2 Å². The van der Waals surface area contributed by atoms with Gasteiger partial charge in [0.1, 0.15) is 0 Å². The van der Waals surface area contributed by atoms with Crippen LogP contribution in [-0.4, -0.2) is 43.6 Å². The molecule has 0 radical (unpaired) electrons.